The normalized spacial score (nSPS) is 10.1. The lowest BCUT2D eigenvalue weighted by Gasteiger charge is -2.10. The minimum Gasteiger partial charge on any atom is -0.374 e. The lowest BCUT2D eigenvalue weighted by Crippen LogP contribution is -2.36. The Morgan fingerprint density at radius 2 is 1.79 bits per heavy atom. The summed E-state index contributed by atoms with van der Waals surface area (Å²) in [5.74, 6) is -1.17. The first-order valence-electron chi connectivity index (χ1n) is 7.27. The van der Waals surface area contributed by atoms with Gasteiger partial charge in [-0.15, -0.1) is 0 Å². The Kier molecular flexibility index (Phi) is 6.31. The Morgan fingerprint density at radius 1 is 1.04 bits per heavy atom. The van der Waals surface area contributed by atoms with Crippen molar-refractivity contribution in [2.24, 2.45) is 0 Å². The molecule has 0 heterocycles. The van der Waals surface area contributed by atoms with Gasteiger partial charge >= 0.3 is 0 Å². The lowest BCUT2D eigenvalue weighted by atomic mass is 10.2. The van der Waals surface area contributed by atoms with Crippen molar-refractivity contribution < 1.29 is 14.0 Å². The fourth-order valence-electron chi connectivity index (χ4n) is 1.98. The Morgan fingerprint density at radius 3 is 2.50 bits per heavy atom. The molecule has 0 atom stereocenters. The molecule has 0 bridgehead atoms. The fraction of sp³-hybridized carbons (Fsp3) is 0.176. The molecule has 7 heteroatoms. The summed E-state index contributed by atoms with van der Waals surface area (Å²) in [6.07, 6.45) is 0. The molecule has 0 aliphatic carbocycles. The highest BCUT2D eigenvalue weighted by molar-refractivity contribution is 9.10. The first-order chi connectivity index (χ1) is 11.5. The first kappa shape index (κ1) is 17.9. The average molecular weight is 394 g/mol. The van der Waals surface area contributed by atoms with Crippen LogP contribution in [0.4, 0.5) is 15.8 Å². The highest BCUT2D eigenvalue weighted by Gasteiger charge is 2.08. The van der Waals surface area contributed by atoms with Gasteiger partial charge in [0.25, 0.3) is 0 Å². The summed E-state index contributed by atoms with van der Waals surface area (Å²) in [7, 11) is 0. The van der Waals surface area contributed by atoms with Crippen molar-refractivity contribution in [3.05, 3.63) is 58.3 Å². The number of carbonyl (C=O) groups excluding carboxylic acids is 2. The third-order valence-corrected chi connectivity index (χ3v) is 3.72. The summed E-state index contributed by atoms with van der Waals surface area (Å²) in [5.41, 5.74) is 1.83. The number of carbonyl (C=O) groups is 2. The van der Waals surface area contributed by atoms with Crippen LogP contribution in [0.1, 0.15) is 5.56 Å². The molecule has 0 saturated carbocycles. The molecular formula is C17H17BrFN3O2. The number of rotatable bonds is 6. The van der Waals surface area contributed by atoms with E-state index in [1.807, 2.05) is 19.1 Å². The number of nitrogens with one attached hydrogen (secondary N) is 3. The highest BCUT2D eigenvalue weighted by atomic mass is 79.9. The zero-order valence-electron chi connectivity index (χ0n) is 13.0. The number of aryl methyl sites for hydroxylation is 1. The predicted octanol–water partition coefficient (Wildman–Crippen LogP) is 3.06. The van der Waals surface area contributed by atoms with Crippen molar-refractivity contribution in [3.63, 3.8) is 0 Å². The van der Waals surface area contributed by atoms with Gasteiger partial charge in [0, 0.05) is 10.2 Å². The number of halogens is 2. The second-order valence-corrected chi connectivity index (χ2v) is 6.03. The largest absolute Gasteiger partial charge is 0.374 e. The van der Waals surface area contributed by atoms with Gasteiger partial charge in [0.1, 0.15) is 5.82 Å². The molecular weight excluding hydrogens is 377 g/mol. The molecule has 24 heavy (non-hydrogen) atoms. The maximum absolute atomic E-state index is 13.4. The zero-order chi connectivity index (χ0) is 17.5. The molecule has 2 aromatic carbocycles. The maximum atomic E-state index is 13.4. The van der Waals surface area contributed by atoms with Crippen molar-refractivity contribution in [3.8, 4) is 0 Å². The molecule has 0 aliphatic rings. The van der Waals surface area contributed by atoms with Crippen molar-refractivity contribution in [2.75, 3.05) is 23.7 Å². The molecule has 3 N–H and O–H groups in total. The van der Waals surface area contributed by atoms with Crippen LogP contribution in [-0.4, -0.2) is 24.9 Å². The van der Waals surface area contributed by atoms with Crippen LogP contribution in [0.5, 0.6) is 0 Å². The molecule has 0 radical (unpaired) electrons. The van der Waals surface area contributed by atoms with Gasteiger partial charge in [-0.2, -0.15) is 0 Å². The first-order valence-corrected chi connectivity index (χ1v) is 8.06. The molecule has 5 nitrogen and oxygen atoms in total. The SMILES string of the molecule is Cc1cc(Br)ccc1NC(=O)CNC(=O)CNc1ccccc1F. The van der Waals surface area contributed by atoms with Crippen LogP contribution in [-0.2, 0) is 9.59 Å². The van der Waals surface area contributed by atoms with Crippen LogP contribution in [0.25, 0.3) is 0 Å². The summed E-state index contributed by atoms with van der Waals surface area (Å²) in [6.45, 7) is 1.59. The second kappa shape index (κ2) is 8.44. The zero-order valence-corrected chi connectivity index (χ0v) is 14.6. The molecule has 126 valence electrons. The second-order valence-electron chi connectivity index (χ2n) is 5.12. The standard InChI is InChI=1S/C17H17BrFN3O2/c1-11-8-12(18)6-7-14(11)22-17(24)10-21-16(23)9-20-15-5-3-2-4-13(15)19/h2-8,20H,9-10H2,1H3,(H,21,23)(H,22,24). The molecule has 0 saturated heterocycles. The molecule has 2 aromatic rings. The van der Waals surface area contributed by atoms with E-state index in [0.717, 1.165) is 10.0 Å². The number of hydrogen-bond donors (Lipinski definition) is 3. The van der Waals surface area contributed by atoms with Gasteiger partial charge < -0.3 is 16.0 Å². The Balaban J connectivity index is 1.77. The highest BCUT2D eigenvalue weighted by Crippen LogP contribution is 2.19. The van der Waals surface area contributed by atoms with Crippen molar-refractivity contribution in [2.45, 2.75) is 6.92 Å². The molecule has 0 unspecified atom stereocenters. The molecule has 2 rings (SSSR count). The Bertz CT molecular complexity index is 752. The third-order valence-electron chi connectivity index (χ3n) is 3.22. The van der Waals surface area contributed by atoms with E-state index < -0.39 is 11.7 Å². The van der Waals surface area contributed by atoms with Crippen molar-refractivity contribution in [1.29, 1.82) is 0 Å². The lowest BCUT2D eigenvalue weighted by molar-refractivity contribution is -0.122. The topological polar surface area (TPSA) is 70.2 Å². The summed E-state index contributed by atoms with van der Waals surface area (Å²) in [5, 5.41) is 7.88. The van der Waals surface area contributed by atoms with E-state index in [2.05, 4.69) is 31.9 Å². The number of amides is 2. The van der Waals surface area contributed by atoms with Gasteiger partial charge in [0.15, 0.2) is 0 Å². The monoisotopic (exact) mass is 393 g/mol. The quantitative estimate of drug-likeness (QED) is 0.706. The summed E-state index contributed by atoms with van der Waals surface area (Å²) >= 11 is 3.35. The molecule has 0 aromatic heterocycles. The van der Waals surface area contributed by atoms with Crippen LogP contribution in [0.15, 0.2) is 46.9 Å². The van der Waals surface area contributed by atoms with Crippen molar-refractivity contribution in [1.82, 2.24) is 5.32 Å². The van der Waals surface area contributed by atoms with Crippen LogP contribution in [0.2, 0.25) is 0 Å². The molecule has 0 spiro atoms. The van der Waals surface area contributed by atoms with Gasteiger partial charge in [-0.25, -0.2) is 4.39 Å². The molecule has 0 aliphatic heterocycles. The number of para-hydroxylation sites is 1. The molecule has 2 amide bonds. The third kappa shape index (κ3) is 5.34. The smallest absolute Gasteiger partial charge is 0.243 e. The maximum Gasteiger partial charge on any atom is 0.243 e. The Hall–Kier alpha value is -2.41. The number of anilines is 2. The van der Waals surface area contributed by atoms with Crippen LogP contribution in [0.3, 0.4) is 0 Å². The number of hydrogen-bond acceptors (Lipinski definition) is 3. The van der Waals surface area contributed by atoms with Gasteiger partial charge in [-0.05, 0) is 42.8 Å². The van der Waals surface area contributed by atoms with Gasteiger partial charge in [-0.1, -0.05) is 28.1 Å². The average Bonchev–Trinajstić information content (AvgIpc) is 2.55. The van der Waals surface area contributed by atoms with E-state index in [1.165, 1.54) is 12.1 Å². The summed E-state index contributed by atoms with van der Waals surface area (Å²) < 4.78 is 14.3. The van der Waals surface area contributed by atoms with Gasteiger partial charge in [0.05, 0.1) is 18.8 Å². The van der Waals surface area contributed by atoms with Crippen LogP contribution >= 0.6 is 15.9 Å². The van der Waals surface area contributed by atoms with E-state index in [1.54, 1.807) is 18.2 Å². The number of benzene rings is 2. The van der Waals surface area contributed by atoms with E-state index in [9.17, 15) is 14.0 Å². The van der Waals surface area contributed by atoms with Gasteiger partial charge in [0.2, 0.25) is 11.8 Å². The minimum absolute atomic E-state index is 0.120. The summed E-state index contributed by atoms with van der Waals surface area (Å²) in [4.78, 5) is 23.6. The van der Waals surface area contributed by atoms with E-state index in [4.69, 9.17) is 0 Å². The Labute approximate surface area is 147 Å². The van der Waals surface area contributed by atoms with Crippen LogP contribution < -0.4 is 16.0 Å². The van der Waals surface area contributed by atoms with Crippen molar-refractivity contribution >= 4 is 39.1 Å². The van der Waals surface area contributed by atoms with E-state index in [-0.39, 0.29) is 24.7 Å². The predicted molar refractivity (Wildman–Crippen MR) is 95.4 cm³/mol. The summed E-state index contributed by atoms with van der Waals surface area (Å²) in [6, 6.07) is 11.5. The van der Waals surface area contributed by atoms with Gasteiger partial charge in [-0.3, -0.25) is 9.59 Å². The fourth-order valence-corrected chi connectivity index (χ4v) is 2.46. The van der Waals surface area contributed by atoms with E-state index in [0.29, 0.717) is 5.69 Å². The van der Waals surface area contributed by atoms with E-state index >= 15 is 0 Å². The van der Waals surface area contributed by atoms with Crippen LogP contribution in [0, 0.1) is 12.7 Å². The molecule has 0 fully saturated rings. The minimum atomic E-state index is -0.436.